The lowest BCUT2D eigenvalue weighted by atomic mass is 9.76. The van der Waals surface area contributed by atoms with Gasteiger partial charge in [0.2, 0.25) is 0 Å². The molecule has 0 amide bonds. The van der Waals surface area contributed by atoms with Crippen molar-refractivity contribution in [1.82, 2.24) is 10.2 Å². The number of halogens is 2. The third-order valence-corrected chi connectivity index (χ3v) is 7.94. The number of carbonyl (C=O) groups excluding carboxylic acids is 1. The molecule has 28 heavy (non-hydrogen) atoms. The SMILES string of the molecule is Cl.Cl.O=C1OC(CN2CCC3(CC2)OCCc2sccc23)CC12CCNCC2. The topological polar surface area (TPSA) is 50.8 Å². The van der Waals surface area contributed by atoms with Crippen LogP contribution < -0.4 is 5.32 Å². The van der Waals surface area contributed by atoms with Gasteiger partial charge in [0.15, 0.2) is 0 Å². The summed E-state index contributed by atoms with van der Waals surface area (Å²) in [6.07, 6.45) is 5.99. The summed E-state index contributed by atoms with van der Waals surface area (Å²) in [5.41, 5.74) is 1.17. The van der Waals surface area contributed by atoms with E-state index in [4.69, 9.17) is 9.47 Å². The van der Waals surface area contributed by atoms with Crippen molar-refractivity contribution in [3.8, 4) is 0 Å². The van der Waals surface area contributed by atoms with Crippen LogP contribution in [-0.2, 0) is 26.3 Å². The third-order valence-electron chi connectivity index (χ3n) is 6.96. The Bertz CT molecular complexity index is 685. The predicted octanol–water partition coefficient (Wildman–Crippen LogP) is 3.14. The van der Waals surface area contributed by atoms with E-state index >= 15 is 0 Å². The molecule has 0 bridgehead atoms. The minimum Gasteiger partial charge on any atom is -0.461 e. The number of esters is 1. The summed E-state index contributed by atoms with van der Waals surface area (Å²) in [6.45, 7) is 5.66. The number of fused-ring (bicyclic) bond motifs is 2. The van der Waals surface area contributed by atoms with E-state index in [2.05, 4.69) is 21.7 Å². The molecule has 0 aliphatic carbocycles. The van der Waals surface area contributed by atoms with Crippen LogP contribution in [0.5, 0.6) is 0 Å². The van der Waals surface area contributed by atoms with Gasteiger partial charge in [-0.3, -0.25) is 9.69 Å². The fourth-order valence-electron chi connectivity index (χ4n) is 5.41. The highest BCUT2D eigenvalue weighted by molar-refractivity contribution is 7.10. The number of rotatable bonds is 2. The van der Waals surface area contributed by atoms with Crippen molar-refractivity contribution in [2.75, 3.05) is 39.3 Å². The second kappa shape index (κ2) is 8.78. The largest absolute Gasteiger partial charge is 0.461 e. The number of cyclic esters (lactones) is 1. The van der Waals surface area contributed by atoms with Crippen molar-refractivity contribution < 1.29 is 14.3 Å². The lowest BCUT2D eigenvalue weighted by molar-refractivity contribution is -0.151. The second-order valence-corrected chi connectivity index (χ2v) is 9.41. The Morgan fingerprint density at radius 2 is 1.93 bits per heavy atom. The average molecular weight is 449 g/mol. The molecule has 5 rings (SSSR count). The molecule has 8 heteroatoms. The summed E-state index contributed by atoms with van der Waals surface area (Å²) in [5, 5.41) is 5.57. The van der Waals surface area contributed by atoms with Crippen LogP contribution in [0, 0.1) is 5.41 Å². The molecular weight excluding hydrogens is 419 g/mol. The summed E-state index contributed by atoms with van der Waals surface area (Å²) in [7, 11) is 0. The van der Waals surface area contributed by atoms with E-state index in [0.717, 1.165) is 77.9 Å². The van der Waals surface area contributed by atoms with Gasteiger partial charge in [0, 0.05) is 37.4 Å². The zero-order valence-electron chi connectivity index (χ0n) is 16.1. The van der Waals surface area contributed by atoms with E-state index in [0.29, 0.717) is 0 Å². The Labute approximate surface area is 183 Å². The van der Waals surface area contributed by atoms with Gasteiger partial charge in [-0.05, 0) is 55.8 Å². The second-order valence-electron chi connectivity index (χ2n) is 8.41. The highest BCUT2D eigenvalue weighted by atomic mass is 35.5. The normalized spacial score (nSPS) is 28.3. The van der Waals surface area contributed by atoms with Gasteiger partial charge in [0.1, 0.15) is 6.10 Å². The Balaban J connectivity index is 0.00000112. The fourth-order valence-corrected chi connectivity index (χ4v) is 6.36. The summed E-state index contributed by atoms with van der Waals surface area (Å²) < 4.78 is 12.1. The zero-order chi connectivity index (χ0) is 17.6. The maximum atomic E-state index is 12.5. The molecule has 4 aliphatic heterocycles. The zero-order valence-corrected chi connectivity index (χ0v) is 18.6. The van der Waals surface area contributed by atoms with Crippen molar-refractivity contribution in [3.05, 3.63) is 21.9 Å². The molecule has 158 valence electrons. The minimum atomic E-state index is -0.203. The van der Waals surface area contributed by atoms with Crippen LogP contribution in [0.1, 0.15) is 42.5 Å². The molecule has 2 spiro atoms. The molecule has 5 heterocycles. The first kappa shape index (κ1) is 22.3. The number of piperidine rings is 2. The van der Waals surface area contributed by atoms with E-state index in [9.17, 15) is 4.79 Å². The van der Waals surface area contributed by atoms with E-state index in [1.807, 2.05) is 11.3 Å². The van der Waals surface area contributed by atoms with Crippen molar-refractivity contribution in [2.45, 2.75) is 50.2 Å². The Morgan fingerprint density at radius 3 is 2.68 bits per heavy atom. The van der Waals surface area contributed by atoms with E-state index < -0.39 is 0 Å². The van der Waals surface area contributed by atoms with E-state index in [-0.39, 0.29) is 47.9 Å². The van der Waals surface area contributed by atoms with Crippen LogP contribution in [0.3, 0.4) is 0 Å². The van der Waals surface area contributed by atoms with Gasteiger partial charge in [0.25, 0.3) is 0 Å². The quantitative estimate of drug-likeness (QED) is 0.704. The summed E-state index contributed by atoms with van der Waals surface area (Å²) in [4.78, 5) is 16.5. The van der Waals surface area contributed by atoms with Crippen molar-refractivity contribution in [2.24, 2.45) is 5.41 Å². The lowest BCUT2D eigenvalue weighted by Crippen LogP contribution is -2.48. The van der Waals surface area contributed by atoms with Crippen molar-refractivity contribution in [3.63, 3.8) is 0 Å². The molecule has 3 saturated heterocycles. The number of hydrogen-bond acceptors (Lipinski definition) is 6. The van der Waals surface area contributed by atoms with Crippen LogP contribution >= 0.6 is 36.2 Å². The number of thiophene rings is 1. The van der Waals surface area contributed by atoms with Gasteiger partial charge in [-0.15, -0.1) is 36.2 Å². The van der Waals surface area contributed by atoms with Gasteiger partial charge in [-0.2, -0.15) is 0 Å². The number of carbonyl (C=O) groups is 1. The van der Waals surface area contributed by atoms with Gasteiger partial charge >= 0.3 is 5.97 Å². The van der Waals surface area contributed by atoms with Gasteiger partial charge in [-0.1, -0.05) is 0 Å². The summed E-state index contributed by atoms with van der Waals surface area (Å²) >= 11 is 1.88. The molecule has 1 atom stereocenters. The monoisotopic (exact) mass is 448 g/mol. The molecular formula is C20H30Cl2N2O3S. The number of likely N-dealkylation sites (tertiary alicyclic amines) is 1. The maximum absolute atomic E-state index is 12.5. The molecule has 0 aromatic carbocycles. The van der Waals surface area contributed by atoms with Crippen molar-refractivity contribution >= 4 is 42.1 Å². The van der Waals surface area contributed by atoms with Crippen LogP contribution in [0.15, 0.2) is 11.4 Å². The first-order chi connectivity index (χ1) is 12.7. The third kappa shape index (κ3) is 3.84. The number of nitrogens with zero attached hydrogens (tertiary/aromatic N) is 1. The van der Waals surface area contributed by atoms with Gasteiger partial charge in [-0.25, -0.2) is 0 Å². The Kier molecular flexibility index (Phi) is 7.00. The highest BCUT2D eigenvalue weighted by Crippen LogP contribution is 2.45. The molecule has 0 saturated carbocycles. The van der Waals surface area contributed by atoms with E-state index in [1.165, 1.54) is 10.4 Å². The van der Waals surface area contributed by atoms with Crippen molar-refractivity contribution in [1.29, 1.82) is 0 Å². The first-order valence-electron chi connectivity index (χ1n) is 10.0. The highest BCUT2D eigenvalue weighted by Gasteiger charge is 2.50. The molecule has 1 aromatic heterocycles. The fraction of sp³-hybridized carbons (Fsp3) is 0.750. The number of hydrogen-bond donors (Lipinski definition) is 1. The minimum absolute atomic E-state index is 0. The number of ether oxygens (including phenoxy) is 2. The summed E-state index contributed by atoms with van der Waals surface area (Å²) in [5.74, 6) is 0.0519. The van der Waals surface area contributed by atoms with Crippen LogP contribution in [0.25, 0.3) is 0 Å². The molecule has 1 unspecified atom stereocenters. The molecule has 4 aliphatic rings. The average Bonchev–Trinajstić information content (AvgIpc) is 3.25. The first-order valence-corrected chi connectivity index (χ1v) is 10.9. The molecule has 0 radical (unpaired) electrons. The molecule has 3 fully saturated rings. The van der Waals surface area contributed by atoms with Crippen LogP contribution in [-0.4, -0.2) is 56.3 Å². The Morgan fingerprint density at radius 1 is 1.18 bits per heavy atom. The van der Waals surface area contributed by atoms with E-state index in [1.54, 1.807) is 0 Å². The standard InChI is InChI=1S/C20H28N2O3S.2ClH/c23-18-19(3-7-21-8-4-19)13-15(25-18)14-22-9-5-20(6-10-22)16-2-12-26-17(16)1-11-24-20;;/h2,12,15,21H,1,3-11,13-14H2;2*1H. The molecule has 5 nitrogen and oxygen atoms in total. The smallest absolute Gasteiger partial charge is 0.312 e. The van der Waals surface area contributed by atoms with Gasteiger partial charge in [0.05, 0.1) is 17.6 Å². The van der Waals surface area contributed by atoms with Crippen LogP contribution in [0.4, 0.5) is 0 Å². The molecule has 1 aromatic rings. The predicted molar refractivity (Wildman–Crippen MR) is 115 cm³/mol. The molecule has 1 N–H and O–H groups in total. The van der Waals surface area contributed by atoms with Crippen LogP contribution in [0.2, 0.25) is 0 Å². The van der Waals surface area contributed by atoms with Gasteiger partial charge < -0.3 is 14.8 Å². The lowest BCUT2D eigenvalue weighted by Gasteiger charge is -2.44. The summed E-state index contributed by atoms with van der Waals surface area (Å²) in [6, 6.07) is 2.27. The Hall–Kier alpha value is -0.370. The number of nitrogens with one attached hydrogen (secondary N) is 1. The maximum Gasteiger partial charge on any atom is 0.312 e.